The van der Waals surface area contributed by atoms with Gasteiger partial charge in [0, 0.05) is 17.5 Å². The first kappa shape index (κ1) is 11.6. The quantitative estimate of drug-likeness (QED) is 0.857. The predicted molar refractivity (Wildman–Crippen MR) is 70.1 cm³/mol. The molecule has 17 heavy (non-hydrogen) atoms. The number of hydrogen-bond acceptors (Lipinski definition) is 2. The molecule has 3 nitrogen and oxygen atoms in total. The predicted octanol–water partition coefficient (Wildman–Crippen LogP) is 3.20. The zero-order chi connectivity index (χ0) is 12.4. The number of nitrogens with zero attached hydrogens (tertiary/aromatic N) is 1. The summed E-state index contributed by atoms with van der Waals surface area (Å²) in [4.78, 5) is 16.0. The van der Waals surface area contributed by atoms with Gasteiger partial charge in [0.1, 0.15) is 0 Å². The largest absolute Gasteiger partial charge is 0.325 e. The van der Waals surface area contributed by atoms with Crippen LogP contribution in [0.4, 0.5) is 5.69 Å². The van der Waals surface area contributed by atoms with E-state index < -0.39 is 0 Å². The number of carbonyl (C=O) groups excluding carboxylic acids is 1. The van der Waals surface area contributed by atoms with E-state index in [0.29, 0.717) is 6.42 Å². The van der Waals surface area contributed by atoms with Gasteiger partial charge in [-0.05, 0) is 37.6 Å². The Balaban J connectivity index is 2.59. The molecule has 0 bridgehead atoms. The molecule has 0 aliphatic carbocycles. The molecule has 0 spiro atoms. The second-order valence-corrected chi connectivity index (χ2v) is 4.18. The summed E-state index contributed by atoms with van der Waals surface area (Å²) < 4.78 is 0. The zero-order valence-corrected chi connectivity index (χ0v) is 10.4. The molecule has 0 unspecified atom stereocenters. The molecule has 0 saturated heterocycles. The molecule has 1 aromatic heterocycles. The third kappa shape index (κ3) is 2.28. The highest BCUT2D eigenvalue weighted by Gasteiger charge is 2.08. The van der Waals surface area contributed by atoms with Crippen molar-refractivity contribution in [3.63, 3.8) is 0 Å². The van der Waals surface area contributed by atoms with Gasteiger partial charge in [-0.1, -0.05) is 13.0 Å². The third-order valence-electron chi connectivity index (χ3n) is 2.80. The highest BCUT2D eigenvalue weighted by molar-refractivity contribution is 6.02. The molecule has 3 heteroatoms. The van der Waals surface area contributed by atoms with Crippen molar-refractivity contribution in [2.75, 3.05) is 5.32 Å². The molecule has 0 aliphatic rings. The molecule has 0 radical (unpaired) electrons. The van der Waals surface area contributed by atoms with Crippen molar-refractivity contribution >= 4 is 22.5 Å². The Bertz CT molecular complexity index is 576. The Morgan fingerprint density at radius 3 is 2.71 bits per heavy atom. The van der Waals surface area contributed by atoms with Crippen LogP contribution in [-0.4, -0.2) is 10.9 Å². The van der Waals surface area contributed by atoms with Crippen molar-refractivity contribution in [2.45, 2.75) is 27.2 Å². The average molecular weight is 228 g/mol. The number of aromatic nitrogens is 1. The van der Waals surface area contributed by atoms with Crippen LogP contribution in [0.3, 0.4) is 0 Å². The number of nitrogens with one attached hydrogen (secondary N) is 1. The lowest BCUT2D eigenvalue weighted by Crippen LogP contribution is -2.11. The Labute approximate surface area is 101 Å². The number of hydrogen-bond donors (Lipinski definition) is 1. The number of anilines is 1. The molecular weight excluding hydrogens is 212 g/mol. The number of carbonyl (C=O) groups is 1. The monoisotopic (exact) mass is 228 g/mol. The number of fused-ring (bicyclic) bond motifs is 1. The second kappa shape index (κ2) is 4.53. The van der Waals surface area contributed by atoms with Crippen LogP contribution in [0.5, 0.6) is 0 Å². The van der Waals surface area contributed by atoms with Crippen LogP contribution in [0.15, 0.2) is 24.3 Å². The van der Waals surface area contributed by atoms with E-state index in [-0.39, 0.29) is 5.91 Å². The van der Waals surface area contributed by atoms with Gasteiger partial charge in [0.05, 0.1) is 11.2 Å². The van der Waals surface area contributed by atoms with Gasteiger partial charge in [-0.3, -0.25) is 9.78 Å². The molecule has 1 aromatic carbocycles. The molecule has 2 aromatic rings. The van der Waals surface area contributed by atoms with Crippen molar-refractivity contribution in [3.05, 3.63) is 35.5 Å². The lowest BCUT2D eigenvalue weighted by atomic mass is 10.1. The first-order valence-electron chi connectivity index (χ1n) is 5.78. The molecule has 0 fully saturated rings. The fourth-order valence-electron chi connectivity index (χ4n) is 1.81. The van der Waals surface area contributed by atoms with Crippen LogP contribution < -0.4 is 5.32 Å². The van der Waals surface area contributed by atoms with Gasteiger partial charge in [0.2, 0.25) is 5.91 Å². The van der Waals surface area contributed by atoms with Crippen LogP contribution in [0.2, 0.25) is 0 Å². The second-order valence-electron chi connectivity index (χ2n) is 4.18. The van der Waals surface area contributed by atoms with Gasteiger partial charge in [0.25, 0.3) is 0 Å². The minimum atomic E-state index is 0.0289. The Morgan fingerprint density at radius 1 is 1.24 bits per heavy atom. The highest BCUT2D eigenvalue weighted by Crippen LogP contribution is 2.26. The van der Waals surface area contributed by atoms with Crippen molar-refractivity contribution in [2.24, 2.45) is 0 Å². The maximum atomic E-state index is 11.5. The number of rotatable bonds is 2. The topological polar surface area (TPSA) is 42.0 Å². The summed E-state index contributed by atoms with van der Waals surface area (Å²) in [5.74, 6) is 0.0289. The van der Waals surface area contributed by atoms with Crippen molar-refractivity contribution in [1.29, 1.82) is 0 Å². The molecule has 1 heterocycles. The van der Waals surface area contributed by atoms with E-state index in [4.69, 9.17) is 0 Å². The Hall–Kier alpha value is -1.90. The molecule has 2 rings (SSSR count). The molecule has 1 N–H and O–H groups in total. The van der Waals surface area contributed by atoms with Crippen LogP contribution in [0, 0.1) is 13.8 Å². The summed E-state index contributed by atoms with van der Waals surface area (Å²) in [7, 11) is 0. The Morgan fingerprint density at radius 2 is 2.00 bits per heavy atom. The lowest BCUT2D eigenvalue weighted by Gasteiger charge is -2.11. The maximum Gasteiger partial charge on any atom is 0.224 e. The van der Waals surface area contributed by atoms with E-state index in [9.17, 15) is 4.79 Å². The molecule has 1 amide bonds. The molecule has 88 valence electrons. The minimum Gasteiger partial charge on any atom is -0.325 e. The fourth-order valence-corrected chi connectivity index (χ4v) is 1.81. The third-order valence-corrected chi connectivity index (χ3v) is 2.80. The van der Waals surface area contributed by atoms with E-state index in [1.54, 1.807) is 0 Å². The first-order chi connectivity index (χ1) is 8.11. The van der Waals surface area contributed by atoms with E-state index in [1.165, 1.54) is 0 Å². The smallest absolute Gasteiger partial charge is 0.224 e. The van der Waals surface area contributed by atoms with Gasteiger partial charge in [0.15, 0.2) is 0 Å². The number of aryl methyl sites for hydroxylation is 2. The summed E-state index contributed by atoms with van der Waals surface area (Å²) in [6.45, 7) is 5.80. The van der Waals surface area contributed by atoms with Gasteiger partial charge in [-0.15, -0.1) is 0 Å². The molecule has 0 atom stereocenters. The van der Waals surface area contributed by atoms with Crippen LogP contribution in [0.25, 0.3) is 10.9 Å². The van der Waals surface area contributed by atoms with Crippen molar-refractivity contribution in [1.82, 2.24) is 4.98 Å². The summed E-state index contributed by atoms with van der Waals surface area (Å²) >= 11 is 0. The number of amides is 1. The van der Waals surface area contributed by atoms with E-state index in [2.05, 4.69) is 10.3 Å². The first-order valence-corrected chi connectivity index (χ1v) is 5.78. The summed E-state index contributed by atoms with van der Waals surface area (Å²) in [5, 5.41) is 3.94. The van der Waals surface area contributed by atoms with Gasteiger partial charge in [-0.2, -0.15) is 0 Å². The molecular formula is C14H16N2O. The van der Waals surface area contributed by atoms with Crippen LogP contribution >= 0.6 is 0 Å². The maximum absolute atomic E-state index is 11.5. The van der Waals surface area contributed by atoms with Crippen molar-refractivity contribution in [3.8, 4) is 0 Å². The van der Waals surface area contributed by atoms with Crippen molar-refractivity contribution < 1.29 is 4.79 Å². The molecule has 0 saturated carbocycles. The van der Waals surface area contributed by atoms with Gasteiger partial charge < -0.3 is 5.32 Å². The zero-order valence-electron chi connectivity index (χ0n) is 10.4. The van der Waals surface area contributed by atoms with Crippen LogP contribution in [-0.2, 0) is 4.79 Å². The highest BCUT2D eigenvalue weighted by atomic mass is 16.1. The summed E-state index contributed by atoms with van der Waals surface area (Å²) in [5.41, 5.74) is 3.84. The minimum absolute atomic E-state index is 0.0289. The summed E-state index contributed by atoms with van der Waals surface area (Å²) in [6.07, 6.45) is 0.481. The average Bonchev–Trinajstić information content (AvgIpc) is 2.32. The van der Waals surface area contributed by atoms with E-state index >= 15 is 0 Å². The van der Waals surface area contributed by atoms with Crippen LogP contribution in [0.1, 0.15) is 24.6 Å². The number of pyridine rings is 1. The SMILES string of the molecule is CCC(=O)Nc1c(C)ccc2nc(C)ccc12. The van der Waals surface area contributed by atoms with E-state index in [1.807, 2.05) is 45.0 Å². The normalized spacial score (nSPS) is 10.5. The Kier molecular flexibility index (Phi) is 3.09. The summed E-state index contributed by atoms with van der Waals surface area (Å²) in [6, 6.07) is 7.94. The fraction of sp³-hybridized carbons (Fsp3) is 0.286. The lowest BCUT2D eigenvalue weighted by molar-refractivity contribution is -0.115. The van der Waals surface area contributed by atoms with Gasteiger partial charge in [-0.25, -0.2) is 0 Å². The molecule has 0 aliphatic heterocycles. The van der Waals surface area contributed by atoms with Gasteiger partial charge >= 0.3 is 0 Å². The van der Waals surface area contributed by atoms with E-state index in [0.717, 1.165) is 27.8 Å². The standard InChI is InChI=1S/C14H16N2O/c1-4-13(17)16-14-9(2)5-8-12-11(14)7-6-10(3)15-12/h5-8H,4H2,1-3H3,(H,16,17). The number of benzene rings is 1.